The Morgan fingerprint density at radius 3 is 2.69 bits per heavy atom. The molecule has 1 heterocycles. The first-order valence-electron chi connectivity index (χ1n) is 5.12. The number of hydrogen-bond donors (Lipinski definition) is 1. The van der Waals surface area contributed by atoms with E-state index in [9.17, 15) is 8.78 Å². The molecule has 1 aliphatic carbocycles. The Labute approximate surface area is 96.5 Å². The van der Waals surface area contributed by atoms with Crippen LogP contribution in [0.1, 0.15) is 12.0 Å². The molecule has 0 radical (unpaired) electrons. The fourth-order valence-electron chi connectivity index (χ4n) is 2.41. The number of hydroxylamine groups is 1. The van der Waals surface area contributed by atoms with Crippen molar-refractivity contribution < 1.29 is 13.6 Å². The van der Waals surface area contributed by atoms with Crippen molar-refractivity contribution in [2.45, 2.75) is 24.5 Å². The van der Waals surface area contributed by atoms with Crippen LogP contribution < -0.4 is 5.48 Å². The highest BCUT2D eigenvalue weighted by Crippen LogP contribution is 2.56. The molecule has 1 aliphatic heterocycles. The van der Waals surface area contributed by atoms with Gasteiger partial charge in [-0.05, 0) is 18.1 Å². The van der Waals surface area contributed by atoms with E-state index in [0.29, 0.717) is 17.0 Å². The molecule has 86 valence electrons. The zero-order valence-corrected chi connectivity index (χ0v) is 9.05. The lowest BCUT2D eigenvalue weighted by Gasteiger charge is -2.30. The molecule has 1 saturated heterocycles. The first-order valence-corrected chi connectivity index (χ1v) is 5.50. The Kier molecular flexibility index (Phi) is 2.21. The highest BCUT2D eigenvalue weighted by atomic mass is 35.5. The van der Waals surface area contributed by atoms with Gasteiger partial charge < -0.3 is 0 Å². The third-order valence-electron chi connectivity index (χ3n) is 3.36. The third-order valence-corrected chi connectivity index (χ3v) is 3.69. The van der Waals surface area contributed by atoms with Crippen molar-refractivity contribution in [3.8, 4) is 0 Å². The molecular weight excluding hydrogens is 236 g/mol. The summed E-state index contributed by atoms with van der Waals surface area (Å²) >= 11 is 5.99. The maximum atomic E-state index is 13.3. The normalized spacial score (nSPS) is 36.5. The molecule has 16 heavy (non-hydrogen) atoms. The van der Waals surface area contributed by atoms with Gasteiger partial charge in [0.1, 0.15) is 5.54 Å². The summed E-state index contributed by atoms with van der Waals surface area (Å²) in [6.07, 6.45) is -1.96. The zero-order valence-electron chi connectivity index (χ0n) is 8.29. The van der Waals surface area contributed by atoms with Crippen LogP contribution in [-0.4, -0.2) is 12.5 Å². The van der Waals surface area contributed by atoms with Crippen molar-refractivity contribution in [3.63, 3.8) is 0 Å². The Morgan fingerprint density at radius 1 is 1.44 bits per heavy atom. The standard InChI is InChI=1S/C11H10ClF2NO/c12-8-4-2-1-3-6(8)11(10(13)14)7-5-9(7)16-15-11/h1-4,7,9-10,15H,5H2/t7-,9?,11+/m0/s1. The highest BCUT2D eigenvalue weighted by Gasteiger charge is 2.65. The first-order chi connectivity index (χ1) is 7.66. The molecule has 2 aliphatic rings. The van der Waals surface area contributed by atoms with Gasteiger partial charge in [-0.1, -0.05) is 29.8 Å². The molecule has 1 saturated carbocycles. The summed E-state index contributed by atoms with van der Waals surface area (Å²) in [4.78, 5) is 5.12. The minimum absolute atomic E-state index is 0.0923. The Balaban J connectivity index is 2.11. The number of rotatable bonds is 2. The number of fused-ring (bicyclic) bond motifs is 1. The van der Waals surface area contributed by atoms with Crippen LogP contribution in [0.2, 0.25) is 5.02 Å². The van der Waals surface area contributed by atoms with Gasteiger partial charge in [0.2, 0.25) is 0 Å². The Morgan fingerprint density at radius 2 is 2.19 bits per heavy atom. The number of benzene rings is 1. The highest BCUT2D eigenvalue weighted by molar-refractivity contribution is 6.31. The molecule has 0 aromatic heterocycles. The zero-order chi connectivity index (χ0) is 11.3. The third kappa shape index (κ3) is 1.24. The van der Waals surface area contributed by atoms with Crippen molar-refractivity contribution in [2.75, 3.05) is 0 Å². The lowest BCUT2D eigenvalue weighted by molar-refractivity contribution is -0.0552. The summed E-state index contributed by atoms with van der Waals surface area (Å²) in [6, 6.07) is 6.69. The van der Waals surface area contributed by atoms with Gasteiger partial charge >= 0.3 is 0 Å². The summed E-state index contributed by atoms with van der Waals surface area (Å²) in [5, 5.41) is 0.353. The van der Waals surface area contributed by atoms with E-state index in [2.05, 4.69) is 5.48 Å². The quantitative estimate of drug-likeness (QED) is 0.865. The van der Waals surface area contributed by atoms with E-state index in [4.69, 9.17) is 16.4 Å². The molecule has 2 nitrogen and oxygen atoms in total. The van der Waals surface area contributed by atoms with Crippen LogP contribution in [-0.2, 0) is 10.4 Å². The Bertz CT molecular complexity index is 428. The first kappa shape index (κ1) is 10.4. The molecule has 0 spiro atoms. The molecule has 1 aromatic rings. The maximum Gasteiger partial charge on any atom is 0.263 e. The number of nitrogens with one attached hydrogen (secondary N) is 1. The molecule has 1 aromatic carbocycles. The second-order valence-corrected chi connectivity index (χ2v) is 4.66. The van der Waals surface area contributed by atoms with E-state index in [1.807, 2.05) is 0 Å². The van der Waals surface area contributed by atoms with Gasteiger partial charge in [-0.15, -0.1) is 0 Å². The lowest BCUT2D eigenvalue weighted by atomic mass is 9.86. The van der Waals surface area contributed by atoms with Crippen LogP contribution in [0, 0.1) is 5.92 Å². The van der Waals surface area contributed by atoms with Crippen molar-refractivity contribution in [1.82, 2.24) is 5.48 Å². The topological polar surface area (TPSA) is 21.3 Å². The summed E-state index contributed by atoms with van der Waals surface area (Å²) in [5.74, 6) is -0.174. The molecule has 5 heteroatoms. The fourth-order valence-corrected chi connectivity index (χ4v) is 2.70. The largest absolute Gasteiger partial charge is 0.297 e. The number of hydrogen-bond acceptors (Lipinski definition) is 2. The monoisotopic (exact) mass is 245 g/mol. The van der Waals surface area contributed by atoms with E-state index < -0.39 is 12.0 Å². The van der Waals surface area contributed by atoms with Gasteiger partial charge in [0.15, 0.2) is 0 Å². The van der Waals surface area contributed by atoms with E-state index >= 15 is 0 Å². The molecule has 1 N–H and O–H groups in total. The predicted octanol–water partition coefficient (Wildman–Crippen LogP) is 2.72. The molecule has 2 fully saturated rings. The van der Waals surface area contributed by atoms with Crippen LogP contribution in [0.3, 0.4) is 0 Å². The SMILES string of the molecule is FC(F)[C@]1(c2ccccc2Cl)NOC2C[C@@H]21. The van der Waals surface area contributed by atoms with E-state index in [1.54, 1.807) is 24.3 Å². The van der Waals surface area contributed by atoms with Gasteiger partial charge in [0.25, 0.3) is 6.43 Å². The van der Waals surface area contributed by atoms with Crippen molar-refractivity contribution >= 4 is 11.6 Å². The summed E-state index contributed by atoms with van der Waals surface area (Å²) < 4.78 is 26.7. The maximum absolute atomic E-state index is 13.3. The summed E-state index contributed by atoms with van der Waals surface area (Å²) in [6.45, 7) is 0. The molecule has 3 atom stereocenters. The average molecular weight is 246 g/mol. The van der Waals surface area contributed by atoms with Crippen LogP contribution >= 0.6 is 11.6 Å². The molecule has 0 bridgehead atoms. The van der Waals surface area contributed by atoms with Crippen molar-refractivity contribution in [2.24, 2.45) is 5.92 Å². The predicted molar refractivity (Wildman–Crippen MR) is 55.2 cm³/mol. The van der Waals surface area contributed by atoms with E-state index in [-0.39, 0.29) is 12.0 Å². The van der Waals surface area contributed by atoms with E-state index in [1.165, 1.54) is 0 Å². The van der Waals surface area contributed by atoms with Crippen LogP contribution in [0.15, 0.2) is 24.3 Å². The van der Waals surface area contributed by atoms with E-state index in [0.717, 1.165) is 0 Å². The molecule has 0 amide bonds. The lowest BCUT2D eigenvalue weighted by Crippen LogP contribution is -2.46. The number of alkyl halides is 2. The number of halogens is 3. The van der Waals surface area contributed by atoms with Gasteiger partial charge in [0.05, 0.1) is 6.10 Å². The summed E-state index contributed by atoms with van der Waals surface area (Å²) in [7, 11) is 0. The van der Waals surface area contributed by atoms with Crippen molar-refractivity contribution in [3.05, 3.63) is 34.9 Å². The minimum Gasteiger partial charge on any atom is -0.297 e. The fraction of sp³-hybridized carbons (Fsp3) is 0.455. The molecule has 3 rings (SSSR count). The summed E-state index contributed by atoms with van der Waals surface area (Å²) in [5.41, 5.74) is 1.49. The van der Waals surface area contributed by atoms with Crippen LogP contribution in [0.4, 0.5) is 8.78 Å². The average Bonchev–Trinajstić information content (AvgIpc) is 2.94. The molecule has 1 unspecified atom stereocenters. The Hall–Kier alpha value is -0.710. The second-order valence-electron chi connectivity index (χ2n) is 4.25. The second kappa shape index (κ2) is 3.39. The smallest absolute Gasteiger partial charge is 0.263 e. The van der Waals surface area contributed by atoms with Crippen molar-refractivity contribution in [1.29, 1.82) is 0 Å². The van der Waals surface area contributed by atoms with Gasteiger partial charge in [-0.25, -0.2) is 8.78 Å². The van der Waals surface area contributed by atoms with Gasteiger partial charge in [-0.2, -0.15) is 5.48 Å². The van der Waals surface area contributed by atoms with Crippen LogP contribution in [0.5, 0.6) is 0 Å². The molecular formula is C11H10ClF2NO. The van der Waals surface area contributed by atoms with Gasteiger partial charge in [-0.3, -0.25) is 4.84 Å². The van der Waals surface area contributed by atoms with Crippen LogP contribution in [0.25, 0.3) is 0 Å². The minimum atomic E-state index is -2.54. The van der Waals surface area contributed by atoms with Gasteiger partial charge in [0, 0.05) is 10.9 Å².